The van der Waals surface area contributed by atoms with Crippen LogP contribution in [0.4, 0.5) is 0 Å². The lowest BCUT2D eigenvalue weighted by molar-refractivity contribution is -0.127. The maximum absolute atomic E-state index is 12.2. The van der Waals surface area contributed by atoms with Crippen LogP contribution in [0.3, 0.4) is 0 Å². The van der Waals surface area contributed by atoms with Crippen LogP contribution in [0.15, 0.2) is 24.5 Å². The Morgan fingerprint density at radius 2 is 2.08 bits per heavy atom. The average molecular weight is 344 g/mol. The Morgan fingerprint density at radius 1 is 1.32 bits per heavy atom. The quantitative estimate of drug-likeness (QED) is 0.799. The van der Waals surface area contributed by atoms with Gasteiger partial charge in [0.2, 0.25) is 0 Å². The van der Waals surface area contributed by atoms with E-state index in [2.05, 4.69) is 42.4 Å². The molecule has 2 rings (SSSR count). The van der Waals surface area contributed by atoms with Gasteiger partial charge < -0.3 is 14.6 Å². The van der Waals surface area contributed by atoms with Gasteiger partial charge in [-0.25, -0.2) is 0 Å². The lowest BCUT2D eigenvalue weighted by Crippen LogP contribution is -2.37. The molecule has 136 valence electrons. The van der Waals surface area contributed by atoms with Gasteiger partial charge in [0.05, 0.1) is 0 Å². The van der Waals surface area contributed by atoms with Crippen LogP contribution in [0.25, 0.3) is 0 Å². The zero-order chi connectivity index (χ0) is 18.4. The molecule has 1 N–H and O–H groups in total. The SMILES string of the molecule is CCn1cnnc1CCNC(=O)[C@H](C)Oc1ccc(C(C)C)c(C)c1. The molecule has 1 atom stereocenters. The van der Waals surface area contributed by atoms with Gasteiger partial charge >= 0.3 is 0 Å². The highest BCUT2D eigenvalue weighted by molar-refractivity contribution is 5.80. The van der Waals surface area contributed by atoms with E-state index >= 15 is 0 Å². The first kappa shape index (κ1) is 19.0. The van der Waals surface area contributed by atoms with Crippen molar-refractivity contribution >= 4 is 5.91 Å². The maximum atomic E-state index is 12.2. The Balaban J connectivity index is 1.85. The molecular weight excluding hydrogens is 316 g/mol. The summed E-state index contributed by atoms with van der Waals surface area (Å²) < 4.78 is 7.74. The van der Waals surface area contributed by atoms with Gasteiger partial charge in [0, 0.05) is 19.5 Å². The summed E-state index contributed by atoms with van der Waals surface area (Å²) in [6.07, 6.45) is 1.80. The summed E-state index contributed by atoms with van der Waals surface area (Å²) in [6, 6.07) is 5.98. The Bertz CT molecular complexity index is 709. The number of aromatic nitrogens is 3. The predicted octanol–water partition coefficient (Wildman–Crippen LogP) is 2.86. The normalized spacial score (nSPS) is 12.2. The number of rotatable bonds is 8. The standard InChI is InChI=1S/C19H28N4O2/c1-6-23-12-21-22-18(23)9-10-20-19(24)15(5)25-16-7-8-17(13(2)3)14(4)11-16/h7-8,11-13,15H,6,9-10H2,1-5H3,(H,20,24)/t15-/m0/s1. The first-order chi connectivity index (χ1) is 11.9. The van der Waals surface area contributed by atoms with Gasteiger partial charge in [-0.2, -0.15) is 0 Å². The van der Waals surface area contributed by atoms with E-state index < -0.39 is 6.10 Å². The fourth-order valence-electron chi connectivity index (χ4n) is 2.80. The largest absolute Gasteiger partial charge is 0.481 e. The van der Waals surface area contributed by atoms with Gasteiger partial charge in [-0.15, -0.1) is 10.2 Å². The van der Waals surface area contributed by atoms with Crippen molar-refractivity contribution in [2.75, 3.05) is 6.54 Å². The summed E-state index contributed by atoms with van der Waals surface area (Å²) in [4.78, 5) is 12.2. The molecule has 0 unspecified atom stereocenters. The number of carbonyl (C=O) groups is 1. The second-order valence-corrected chi connectivity index (χ2v) is 6.51. The summed E-state index contributed by atoms with van der Waals surface area (Å²) >= 11 is 0. The van der Waals surface area contributed by atoms with E-state index in [1.807, 2.05) is 23.6 Å². The van der Waals surface area contributed by atoms with Gasteiger partial charge in [0.15, 0.2) is 6.10 Å². The molecule has 2 aromatic rings. The van der Waals surface area contributed by atoms with E-state index in [-0.39, 0.29) is 5.91 Å². The van der Waals surface area contributed by atoms with Crippen LogP contribution < -0.4 is 10.1 Å². The highest BCUT2D eigenvalue weighted by atomic mass is 16.5. The van der Waals surface area contributed by atoms with Crippen LogP contribution >= 0.6 is 0 Å². The molecule has 1 amide bonds. The van der Waals surface area contributed by atoms with E-state index in [1.165, 1.54) is 11.1 Å². The van der Waals surface area contributed by atoms with E-state index in [0.29, 0.717) is 18.9 Å². The third-order valence-corrected chi connectivity index (χ3v) is 4.23. The number of hydrogen-bond donors (Lipinski definition) is 1. The molecule has 6 heteroatoms. The monoisotopic (exact) mass is 344 g/mol. The average Bonchev–Trinajstić information content (AvgIpc) is 3.01. The highest BCUT2D eigenvalue weighted by Gasteiger charge is 2.15. The van der Waals surface area contributed by atoms with Gasteiger partial charge in [-0.05, 0) is 49.9 Å². The van der Waals surface area contributed by atoms with E-state index in [9.17, 15) is 4.79 Å². The molecule has 0 fully saturated rings. The van der Waals surface area contributed by atoms with Gasteiger partial charge in [-0.3, -0.25) is 4.79 Å². The number of hydrogen-bond acceptors (Lipinski definition) is 4. The molecular formula is C19H28N4O2. The molecule has 1 aromatic heterocycles. The summed E-state index contributed by atoms with van der Waals surface area (Å²) in [7, 11) is 0. The molecule has 0 saturated carbocycles. The molecule has 25 heavy (non-hydrogen) atoms. The lowest BCUT2D eigenvalue weighted by Gasteiger charge is -2.17. The van der Waals surface area contributed by atoms with E-state index in [4.69, 9.17) is 4.74 Å². The van der Waals surface area contributed by atoms with Crippen molar-refractivity contribution in [1.82, 2.24) is 20.1 Å². The minimum Gasteiger partial charge on any atom is -0.481 e. The Labute approximate surface area is 149 Å². The summed E-state index contributed by atoms with van der Waals surface area (Å²) in [6.45, 7) is 11.5. The van der Waals surface area contributed by atoms with Crippen molar-refractivity contribution in [2.45, 2.75) is 59.6 Å². The smallest absolute Gasteiger partial charge is 0.260 e. The number of ether oxygens (including phenoxy) is 1. The van der Waals surface area contributed by atoms with E-state index in [0.717, 1.165) is 18.1 Å². The number of nitrogens with zero attached hydrogens (tertiary/aromatic N) is 3. The number of aryl methyl sites for hydroxylation is 2. The lowest BCUT2D eigenvalue weighted by atomic mass is 9.98. The van der Waals surface area contributed by atoms with Crippen molar-refractivity contribution in [1.29, 1.82) is 0 Å². The van der Waals surface area contributed by atoms with E-state index in [1.54, 1.807) is 13.3 Å². The fourth-order valence-corrected chi connectivity index (χ4v) is 2.80. The first-order valence-electron chi connectivity index (χ1n) is 8.84. The molecule has 0 aliphatic carbocycles. The molecule has 0 radical (unpaired) electrons. The Morgan fingerprint density at radius 3 is 2.72 bits per heavy atom. The number of benzene rings is 1. The Hall–Kier alpha value is -2.37. The van der Waals surface area contributed by atoms with Crippen LogP contribution in [0.1, 0.15) is 50.6 Å². The summed E-state index contributed by atoms with van der Waals surface area (Å²) in [5, 5.41) is 10.8. The molecule has 0 spiro atoms. The minimum absolute atomic E-state index is 0.131. The van der Waals surface area contributed by atoms with Crippen molar-refractivity contribution in [3.63, 3.8) is 0 Å². The molecule has 0 aliphatic heterocycles. The third kappa shape index (κ3) is 5.05. The van der Waals surface area contributed by atoms with Crippen molar-refractivity contribution in [2.24, 2.45) is 0 Å². The van der Waals surface area contributed by atoms with Crippen molar-refractivity contribution in [3.05, 3.63) is 41.5 Å². The second-order valence-electron chi connectivity index (χ2n) is 6.51. The first-order valence-corrected chi connectivity index (χ1v) is 8.84. The third-order valence-electron chi connectivity index (χ3n) is 4.23. The molecule has 0 bridgehead atoms. The zero-order valence-corrected chi connectivity index (χ0v) is 15.7. The second kappa shape index (κ2) is 8.65. The predicted molar refractivity (Wildman–Crippen MR) is 97.8 cm³/mol. The highest BCUT2D eigenvalue weighted by Crippen LogP contribution is 2.24. The summed E-state index contributed by atoms with van der Waals surface area (Å²) in [5.41, 5.74) is 2.48. The molecule has 1 heterocycles. The summed E-state index contributed by atoms with van der Waals surface area (Å²) in [5.74, 6) is 1.93. The minimum atomic E-state index is -0.548. The number of amides is 1. The van der Waals surface area contributed by atoms with Crippen LogP contribution in [0.5, 0.6) is 5.75 Å². The number of nitrogens with one attached hydrogen (secondary N) is 1. The Kier molecular flexibility index (Phi) is 6.56. The van der Waals surface area contributed by atoms with Crippen LogP contribution in [0.2, 0.25) is 0 Å². The van der Waals surface area contributed by atoms with Crippen molar-refractivity contribution in [3.8, 4) is 5.75 Å². The van der Waals surface area contributed by atoms with Gasteiger partial charge in [0.1, 0.15) is 17.9 Å². The molecule has 1 aromatic carbocycles. The van der Waals surface area contributed by atoms with Crippen LogP contribution in [0, 0.1) is 6.92 Å². The van der Waals surface area contributed by atoms with Crippen LogP contribution in [-0.2, 0) is 17.8 Å². The fraction of sp³-hybridized carbons (Fsp3) is 0.526. The molecule has 0 saturated heterocycles. The van der Waals surface area contributed by atoms with Crippen LogP contribution in [-0.4, -0.2) is 33.3 Å². The topological polar surface area (TPSA) is 69.0 Å². The molecule has 0 aliphatic rings. The van der Waals surface area contributed by atoms with Gasteiger partial charge in [-0.1, -0.05) is 19.9 Å². The molecule has 6 nitrogen and oxygen atoms in total. The zero-order valence-electron chi connectivity index (χ0n) is 15.7. The maximum Gasteiger partial charge on any atom is 0.260 e. The number of carbonyl (C=O) groups excluding carboxylic acids is 1. The van der Waals surface area contributed by atoms with Gasteiger partial charge in [0.25, 0.3) is 5.91 Å². The van der Waals surface area contributed by atoms with Crippen molar-refractivity contribution < 1.29 is 9.53 Å².